The second-order valence-corrected chi connectivity index (χ2v) is 8.98. The summed E-state index contributed by atoms with van der Waals surface area (Å²) < 4.78 is 12.7. The van der Waals surface area contributed by atoms with Gasteiger partial charge in [0.1, 0.15) is 6.04 Å². The van der Waals surface area contributed by atoms with E-state index in [1.807, 2.05) is 60.7 Å². The first-order valence-corrected chi connectivity index (χ1v) is 12.5. The van der Waals surface area contributed by atoms with Crippen molar-refractivity contribution in [2.75, 3.05) is 20.8 Å². The molecule has 0 saturated carbocycles. The van der Waals surface area contributed by atoms with E-state index in [2.05, 4.69) is 44.5 Å². The van der Waals surface area contributed by atoms with Gasteiger partial charge in [-0.3, -0.25) is 9.69 Å². The van der Waals surface area contributed by atoms with E-state index in [9.17, 15) is 4.79 Å². The summed E-state index contributed by atoms with van der Waals surface area (Å²) in [6, 6.07) is 25.2. The van der Waals surface area contributed by atoms with E-state index in [-0.39, 0.29) is 5.56 Å². The normalized spacial score (nSPS) is 12.1. The number of nitrogens with zero attached hydrogens (tertiary/aromatic N) is 5. The molecule has 0 aliphatic carbocycles. The standard InChI is InChI=1S/C29H30N6O3/c1-4-34(18-20-11-7-5-8-12-20)27(28-31-32-33-35(28)19-21-13-9-6-10-14-21)23-15-22-16-25(37-2)26(38-3)17-24(22)30-29(23)36/h5-17,27H,4,18-19H2,1-3H3,(H,30,36)/t27-/m1/s1. The summed E-state index contributed by atoms with van der Waals surface area (Å²) in [6.07, 6.45) is 0. The average Bonchev–Trinajstić information content (AvgIpc) is 3.40. The first-order chi connectivity index (χ1) is 18.6. The highest BCUT2D eigenvalue weighted by Crippen LogP contribution is 2.33. The Bertz CT molecular complexity index is 1570. The molecular formula is C29H30N6O3. The Labute approximate surface area is 220 Å². The lowest BCUT2D eigenvalue weighted by atomic mass is 10.0. The van der Waals surface area contributed by atoms with Gasteiger partial charge in [-0.25, -0.2) is 4.68 Å². The minimum Gasteiger partial charge on any atom is -0.493 e. The lowest BCUT2D eigenvalue weighted by molar-refractivity contribution is 0.214. The van der Waals surface area contributed by atoms with E-state index < -0.39 is 6.04 Å². The number of methoxy groups -OCH3 is 2. The maximum atomic E-state index is 13.6. The number of rotatable bonds is 10. The van der Waals surface area contributed by atoms with Crippen LogP contribution >= 0.6 is 0 Å². The predicted octanol–water partition coefficient (Wildman–Crippen LogP) is 4.19. The first kappa shape index (κ1) is 25.2. The van der Waals surface area contributed by atoms with Crippen molar-refractivity contribution in [2.24, 2.45) is 0 Å². The molecule has 0 bridgehead atoms. The van der Waals surface area contributed by atoms with Crippen LogP contribution in [0.3, 0.4) is 0 Å². The van der Waals surface area contributed by atoms with Gasteiger partial charge in [-0.15, -0.1) is 5.10 Å². The smallest absolute Gasteiger partial charge is 0.253 e. The molecule has 0 aliphatic rings. The highest BCUT2D eigenvalue weighted by Gasteiger charge is 2.30. The molecule has 0 aliphatic heterocycles. The molecule has 9 nitrogen and oxygen atoms in total. The number of tetrazole rings is 1. The highest BCUT2D eigenvalue weighted by molar-refractivity contribution is 5.83. The number of benzene rings is 3. The van der Waals surface area contributed by atoms with Gasteiger partial charge in [-0.05, 0) is 40.2 Å². The third kappa shape index (κ3) is 5.14. The van der Waals surface area contributed by atoms with E-state index in [1.54, 1.807) is 25.0 Å². The lowest BCUT2D eigenvalue weighted by Gasteiger charge is -2.30. The van der Waals surface area contributed by atoms with Gasteiger partial charge in [-0.2, -0.15) is 0 Å². The lowest BCUT2D eigenvalue weighted by Crippen LogP contribution is -2.35. The Balaban J connectivity index is 1.66. The second kappa shape index (κ2) is 11.3. The molecule has 0 saturated heterocycles. The molecule has 0 radical (unpaired) electrons. The second-order valence-electron chi connectivity index (χ2n) is 8.98. The van der Waals surface area contributed by atoms with Crippen LogP contribution in [0.2, 0.25) is 0 Å². The van der Waals surface area contributed by atoms with Gasteiger partial charge in [0, 0.05) is 23.6 Å². The molecule has 0 fully saturated rings. The summed E-state index contributed by atoms with van der Waals surface area (Å²) in [5.41, 5.74) is 3.19. The molecule has 3 aromatic carbocycles. The van der Waals surface area contributed by atoms with E-state index in [0.29, 0.717) is 48.0 Å². The molecule has 38 heavy (non-hydrogen) atoms. The van der Waals surface area contributed by atoms with Crippen LogP contribution in [0.4, 0.5) is 0 Å². The number of ether oxygens (including phenoxy) is 2. The van der Waals surface area contributed by atoms with Gasteiger partial charge in [-0.1, -0.05) is 67.6 Å². The third-order valence-corrected chi connectivity index (χ3v) is 6.65. The Morgan fingerprint density at radius 2 is 1.58 bits per heavy atom. The quantitative estimate of drug-likeness (QED) is 0.301. The molecule has 0 spiro atoms. The molecule has 1 N–H and O–H groups in total. The van der Waals surface area contributed by atoms with Crippen LogP contribution in [0.25, 0.3) is 10.9 Å². The molecule has 5 rings (SSSR count). The first-order valence-electron chi connectivity index (χ1n) is 12.5. The maximum Gasteiger partial charge on any atom is 0.253 e. The molecule has 194 valence electrons. The van der Waals surface area contributed by atoms with E-state index in [4.69, 9.17) is 9.47 Å². The van der Waals surface area contributed by atoms with Crippen molar-refractivity contribution < 1.29 is 9.47 Å². The molecule has 2 aromatic heterocycles. The fourth-order valence-corrected chi connectivity index (χ4v) is 4.73. The number of hydrogen-bond donors (Lipinski definition) is 1. The van der Waals surface area contributed by atoms with Crippen molar-refractivity contribution in [2.45, 2.75) is 26.1 Å². The average molecular weight is 511 g/mol. The highest BCUT2D eigenvalue weighted by atomic mass is 16.5. The fraction of sp³-hybridized carbons (Fsp3) is 0.241. The summed E-state index contributed by atoms with van der Waals surface area (Å²) in [4.78, 5) is 18.9. The van der Waals surface area contributed by atoms with Crippen molar-refractivity contribution in [1.82, 2.24) is 30.1 Å². The monoisotopic (exact) mass is 510 g/mol. The van der Waals surface area contributed by atoms with Gasteiger partial charge < -0.3 is 14.5 Å². The van der Waals surface area contributed by atoms with Gasteiger partial charge in [0.25, 0.3) is 5.56 Å². The molecule has 1 atom stereocenters. The Hall–Kier alpha value is -4.50. The molecular weight excluding hydrogens is 480 g/mol. The Kier molecular flexibility index (Phi) is 7.46. The van der Waals surface area contributed by atoms with Gasteiger partial charge in [0.15, 0.2) is 17.3 Å². The molecule has 0 unspecified atom stereocenters. The minimum atomic E-state index is -0.500. The van der Waals surface area contributed by atoms with Crippen molar-refractivity contribution >= 4 is 10.9 Å². The van der Waals surface area contributed by atoms with Crippen LogP contribution < -0.4 is 15.0 Å². The third-order valence-electron chi connectivity index (χ3n) is 6.65. The predicted molar refractivity (Wildman–Crippen MR) is 145 cm³/mol. The van der Waals surface area contributed by atoms with E-state index >= 15 is 0 Å². The maximum absolute atomic E-state index is 13.6. The number of nitrogens with one attached hydrogen (secondary N) is 1. The summed E-state index contributed by atoms with van der Waals surface area (Å²) >= 11 is 0. The number of H-pyrrole nitrogens is 1. The van der Waals surface area contributed by atoms with Crippen molar-refractivity contribution in [3.8, 4) is 11.5 Å². The number of pyridine rings is 1. The van der Waals surface area contributed by atoms with Gasteiger partial charge >= 0.3 is 0 Å². The van der Waals surface area contributed by atoms with Crippen molar-refractivity contribution in [3.63, 3.8) is 0 Å². The summed E-state index contributed by atoms with van der Waals surface area (Å²) in [7, 11) is 3.16. The van der Waals surface area contributed by atoms with Crippen molar-refractivity contribution in [3.05, 3.63) is 112 Å². The number of aromatic amines is 1. The van der Waals surface area contributed by atoms with E-state index in [0.717, 1.165) is 16.5 Å². The minimum absolute atomic E-state index is 0.213. The molecule has 0 amide bonds. The number of fused-ring (bicyclic) bond motifs is 1. The Morgan fingerprint density at radius 3 is 2.24 bits per heavy atom. The summed E-state index contributed by atoms with van der Waals surface area (Å²) in [6.45, 7) is 3.84. The SMILES string of the molecule is CCN(Cc1ccccc1)[C@H](c1cc2cc(OC)c(OC)cc2[nH]c1=O)c1nnnn1Cc1ccccc1. The van der Waals surface area contributed by atoms with Gasteiger partial charge in [0.2, 0.25) is 0 Å². The zero-order valence-corrected chi connectivity index (χ0v) is 21.7. The van der Waals surface area contributed by atoms with Crippen molar-refractivity contribution in [1.29, 1.82) is 0 Å². The zero-order chi connectivity index (χ0) is 26.5. The number of aromatic nitrogens is 5. The van der Waals surface area contributed by atoms with Crippen LogP contribution in [0, 0.1) is 0 Å². The van der Waals surface area contributed by atoms with Crippen LogP contribution in [0.5, 0.6) is 11.5 Å². The fourth-order valence-electron chi connectivity index (χ4n) is 4.73. The van der Waals surface area contributed by atoms with Crippen LogP contribution in [-0.4, -0.2) is 50.9 Å². The van der Waals surface area contributed by atoms with Gasteiger partial charge in [0.05, 0.1) is 26.3 Å². The number of hydrogen-bond acceptors (Lipinski definition) is 7. The van der Waals surface area contributed by atoms with Crippen LogP contribution in [0.1, 0.15) is 35.5 Å². The topological polar surface area (TPSA) is 98.2 Å². The molecule has 9 heteroatoms. The van der Waals surface area contributed by atoms with Crippen LogP contribution in [0.15, 0.2) is 83.7 Å². The summed E-state index contributed by atoms with van der Waals surface area (Å²) in [5, 5.41) is 13.6. The van der Waals surface area contributed by atoms with Crippen LogP contribution in [-0.2, 0) is 13.1 Å². The Morgan fingerprint density at radius 1 is 0.921 bits per heavy atom. The molecule has 2 heterocycles. The summed E-state index contributed by atoms with van der Waals surface area (Å²) in [5.74, 6) is 1.73. The molecule has 5 aromatic rings. The zero-order valence-electron chi connectivity index (χ0n) is 21.7. The van der Waals surface area contributed by atoms with E-state index in [1.165, 1.54) is 0 Å². The largest absolute Gasteiger partial charge is 0.493 e.